The molecule has 0 spiro atoms. The normalized spacial score (nSPS) is 11.2. The van der Waals surface area contributed by atoms with Crippen molar-refractivity contribution in [3.05, 3.63) is 24.0 Å². The number of alkyl halides is 1. The van der Waals surface area contributed by atoms with E-state index in [4.69, 9.17) is 16.7 Å². The van der Waals surface area contributed by atoms with Crippen LogP contribution in [0.3, 0.4) is 0 Å². The van der Waals surface area contributed by atoms with Gasteiger partial charge in [0.2, 0.25) is 15.9 Å². The molecule has 0 aliphatic carbocycles. The van der Waals surface area contributed by atoms with Crippen molar-refractivity contribution in [3.8, 4) is 0 Å². The SMILES string of the molecule is NS(=O)(=O)c1cc(NC(=O)CCl)ccc1F. The Labute approximate surface area is 96.4 Å². The molecule has 0 bridgehead atoms. The Kier molecular flexibility index (Phi) is 3.84. The van der Waals surface area contributed by atoms with E-state index >= 15 is 0 Å². The third-order valence-electron chi connectivity index (χ3n) is 1.64. The standard InChI is InChI=1S/C8H8ClFN2O3S/c9-4-8(13)12-5-1-2-6(10)7(3-5)16(11,14)15/h1-3H,4H2,(H,12,13)(H2,11,14,15). The molecule has 1 aromatic carbocycles. The van der Waals surface area contributed by atoms with E-state index in [2.05, 4.69) is 5.32 Å². The van der Waals surface area contributed by atoms with Crippen LogP contribution in [0.4, 0.5) is 10.1 Å². The molecule has 0 saturated carbocycles. The van der Waals surface area contributed by atoms with Gasteiger partial charge in [0, 0.05) is 5.69 Å². The van der Waals surface area contributed by atoms with Crippen molar-refractivity contribution < 1.29 is 17.6 Å². The molecule has 1 rings (SSSR count). The highest BCUT2D eigenvalue weighted by molar-refractivity contribution is 7.89. The average molecular weight is 267 g/mol. The van der Waals surface area contributed by atoms with Crippen LogP contribution in [-0.4, -0.2) is 20.2 Å². The summed E-state index contributed by atoms with van der Waals surface area (Å²) in [6.45, 7) is 0. The van der Waals surface area contributed by atoms with Crippen molar-refractivity contribution in [3.63, 3.8) is 0 Å². The highest BCUT2D eigenvalue weighted by Gasteiger charge is 2.15. The number of hydrogen-bond acceptors (Lipinski definition) is 3. The summed E-state index contributed by atoms with van der Waals surface area (Å²) in [5.74, 6) is -1.80. The summed E-state index contributed by atoms with van der Waals surface area (Å²) in [7, 11) is -4.16. The third-order valence-corrected chi connectivity index (χ3v) is 2.81. The summed E-state index contributed by atoms with van der Waals surface area (Å²) in [6, 6.07) is 3.02. The number of nitrogens with one attached hydrogen (secondary N) is 1. The number of nitrogens with two attached hydrogens (primary N) is 1. The molecular weight excluding hydrogens is 259 g/mol. The number of benzene rings is 1. The van der Waals surface area contributed by atoms with Gasteiger partial charge in [-0.05, 0) is 18.2 Å². The Morgan fingerprint density at radius 3 is 2.62 bits per heavy atom. The summed E-state index contributed by atoms with van der Waals surface area (Å²) in [6.07, 6.45) is 0. The number of anilines is 1. The van der Waals surface area contributed by atoms with Crippen LogP contribution >= 0.6 is 11.6 Å². The monoisotopic (exact) mass is 266 g/mol. The molecule has 88 valence electrons. The van der Waals surface area contributed by atoms with E-state index in [1.807, 2.05) is 0 Å². The predicted molar refractivity (Wildman–Crippen MR) is 57.1 cm³/mol. The fourth-order valence-corrected chi connectivity index (χ4v) is 1.69. The van der Waals surface area contributed by atoms with Gasteiger partial charge in [-0.25, -0.2) is 17.9 Å². The predicted octanol–water partition coefficient (Wildman–Crippen LogP) is 0.650. The molecule has 0 radical (unpaired) electrons. The summed E-state index contributed by atoms with van der Waals surface area (Å²) in [5.41, 5.74) is 0.107. The van der Waals surface area contributed by atoms with E-state index in [0.29, 0.717) is 0 Å². The van der Waals surface area contributed by atoms with Gasteiger partial charge in [0.1, 0.15) is 16.6 Å². The number of halogens is 2. The van der Waals surface area contributed by atoms with Crippen LogP contribution in [0.1, 0.15) is 0 Å². The number of primary sulfonamides is 1. The lowest BCUT2D eigenvalue weighted by molar-refractivity contribution is -0.113. The zero-order valence-electron chi connectivity index (χ0n) is 7.91. The Hall–Kier alpha value is -1.18. The van der Waals surface area contributed by atoms with Gasteiger partial charge < -0.3 is 5.32 Å². The Morgan fingerprint density at radius 1 is 1.50 bits per heavy atom. The zero-order chi connectivity index (χ0) is 12.3. The maximum atomic E-state index is 13.1. The number of carbonyl (C=O) groups is 1. The fourth-order valence-electron chi connectivity index (χ4n) is 0.994. The van der Waals surface area contributed by atoms with Crippen LogP contribution in [0.2, 0.25) is 0 Å². The lowest BCUT2D eigenvalue weighted by Crippen LogP contribution is -2.16. The van der Waals surface area contributed by atoms with Crippen LogP contribution in [0.15, 0.2) is 23.1 Å². The lowest BCUT2D eigenvalue weighted by atomic mass is 10.3. The van der Waals surface area contributed by atoms with E-state index in [9.17, 15) is 17.6 Å². The number of carbonyl (C=O) groups excluding carboxylic acids is 1. The molecule has 0 aliphatic rings. The molecule has 5 nitrogen and oxygen atoms in total. The first kappa shape index (κ1) is 12.9. The second-order valence-corrected chi connectivity index (χ2v) is 4.67. The Bertz CT molecular complexity index is 518. The van der Waals surface area contributed by atoms with E-state index < -0.39 is 26.6 Å². The minimum absolute atomic E-state index is 0.107. The van der Waals surface area contributed by atoms with Crippen molar-refractivity contribution >= 4 is 33.2 Å². The molecule has 1 aromatic rings. The highest BCUT2D eigenvalue weighted by Crippen LogP contribution is 2.18. The molecule has 0 saturated heterocycles. The molecule has 8 heteroatoms. The van der Waals surface area contributed by atoms with Crippen molar-refractivity contribution in [2.24, 2.45) is 5.14 Å². The lowest BCUT2D eigenvalue weighted by Gasteiger charge is -2.05. The quantitative estimate of drug-likeness (QED) is 0.787. The van der Waals surface area contributed by atoms with Crippen LogP contribution in [0, 0.1) is 5.82 Å². The van der Waals surface area contributed by atoms with Crippen molar-refractivity contribution in [2.75, 3.05) is 11.2 Å². The van der Waals surface area contributed by atoms with Gasteiger partial charge in [-0.15, -0.1) is 11.6 Å². The van der Waals surface area contributed by atoms with Gasteiger partial charge >= 0.3 is 0 Å². The number of sulfonamides is 1. The first-order chi connectivity index (χ1) is 7.34. The van der Waals surface area contributed by atoms with Gasteiger partial charge in [0.15, 0.2) is 0 Å². The average Bonchev–Trinajstić information content (AvgIpc) is 2.19. The molecule has 16 heavy (non-hydrogen) atoms. The fraction of sp³-hybridized carbons (Fsp3) is 0.125. The summed E-state index contributed by atoms with van der Waals surface area (Å²) in [5, 5.41) is 7.06. The molecule has 3 N–H and O–H groups in total. The molecule has 0 aliphatic heterocycles. The van der Waals surface area contributed by atoms with Gasteiger partial charge in [-0.1, -0.05) is 0 Å². The van der Waals surface area contributed by atoms with Crippen molar-refractivity contribution in [1.82, 2.24) is 0 Å². The minimum Gasteiger partial charge on any atom is -0.325 e. The van der Waals surface area contributed by atoms with E-state index in [1.54, 1.807) is 0 Å². The first-order valence-corrected chi connectivity index (χ1v) is 6.11. The zero-order valence-corrected chi connectivity index (χ0v) is 9.48. The van der Waals surface area contributed by atoms with Crippen LogP contribution in [0.5, 0.6) is 0 Å². The maximum Gasteiger partial charge on any atom is 0.241 e. The molecule has 1 amide bonds. The summed E-state index contributed by atoms with van der Waals surface area (Å²) >= 11 is 5.23. The number of hydrogen-bond donors (Lipinski definition) is 2. The second-order valence-electron chi connectivity index (χ2n) is 2.87. The molecule has 0 heterocycles. The molecule has 0 unspecified atom stereocenters. The summed E-state index contributed by atoms with van der Waals surface area (Å²) in [4.78, 5) is 10.2. The highest BCUT2D eigenvalue weighted by atomic mass is 35.5. The molecule has 0 aromatic heterocycles. The van der Waals surface area contributed by atoms with Gasteiger partial charge in [0.25, 0.3) is 0 Å². The molecular formula is C8H8ClFN2O3S. The topological polar surface area (TPSA) is 89.3 Å². The van der Waals surface area contributed by atoms with Gasteiger partial charge in [-0.2, -0.15) is 0 Å². The van der Waals surface area contributed by atoms with E-state index in [-0.39, 0.29) is 11.6 Å². The second kappa shape index (κ2) is 4.77. The largest absolute Gasteiger partial charge is 0.325 e. The van der Waals surface area contributed by atoms with E-state index in [1.165, 1.54) is 6.07 Å². The minimum atomic E-state index is -4.16. The number of rotatable bonds is 3. The first-order valence-electron chi connectivity index (χ1n) is 4.03. The Balaban J connectivity index is 3.13. The third kappa shape index (κ3) is 3.16. The van der Waals surface area contributed by atoms with Crippen molar-refractivity contribution in [1.29, 1.82) is 0 Å². The number of amides is 1. The Morgan fingerprint density at radius 2 is 2.12 bits per heavy atom. The molecule has 0 fully saturated rings. The maximum absolute atomic E-state index is 13.1. The van der Waals surface area contributed by atoms with Crippen LogP contribution in [0.25, 0.3) is 0 Å². The van der Waals surface area contributed by atoms with Crippen LogP contribution in [-0.2, 0) is 14.8 Å². The van der Waals surface area contributed by atoms with Gasteiger partial charge in [0.05, 0.1) is 0 Å². The summed E-state index contributed by atoms with van der Waals surface area (Å²) < 4.78 is 35.0. The van der Waals surface area contributed by atoms with Gasteiger partial charge in [-0.3, -0.25) is 4.79 Å². The van der Waals surface area contributed by atoms with Crippen LogP contribution < -0.4 is 10.5 Å². The smallest absolute Gasteiger partial charge is 0.241 e. The molecule has 0 atom stereocenters. The van der Waals surface area contributed by atoms with Crippen molar-refractivity contribution in [2.45, 2.75) is 4.90 Å². The van der Waals surface area contributed by atoms with E-state index in [0.717, 1.165) is 12.1 Å².